The molecule has 0 spiro atoms. The number of rotatable bonds is 5. The number of esters is 1. The lowest BCUT2D eigenvalue weighted by molar-refractivity contribution is 0.0602. The molecule has 7 nitrogen and oxygen atoms in total. The molecule has 0 bridgehead atoms. The Morgan fingerprint density at radius 2 is 1.90 bits per heavy atom. The fourth-order valence-corrected chi connectivity index (χ4v) is 3.26. The zero-order chi connectivity index (χ0) is 21.0. The summed E-state index contributed by atoms with van der Waals surface area (Å²) in [6, 6.07) is 11.3. The van der Waals surface area contributed by atoms with E-state index in [1.807, 2.05) is 6.07 Å². The van der Waals surface area contributed by atoms with E-state index in [1.165, 1.54) is 7.11 Å². The Labute approximate surface area is 185 Å². The van der Waals surface area contributed by atoms with Crippen molar-refractivity contribution in [1.82, 2.24) is 9.78 Å². The summed E-state index contributed by atoms with van der Waals surface area (Å²) < 4.78 is 6.95. The van der Waals surface area contributed by atoms with Gasteiger partial charge in [-0.05, 0) is 45.8 Å². The second kappa shape index (κ2) is 9.30. The number of anilines is 2. The van der Waals surface area contributed by atoms with Gasteiger partial charge in [-0.1, -0.05) is 41.4 Å². The predicted octanol–water partition coefficient (Wildman–Crippen LogP) is 5.43. The maximum Gasteiger partial charge on any atom is 0.339 e. The number of ether oxygens (including phenoxy) is 1. The van der Waals surface area contributed by atoms with Crippen LogP contribution >= 0.6 is 39.1 Å². The molecular formula is C19H15BrCl2N4O3. The van der Waals surface area contributed by atoms with Crippen molar-refractivity contribution >= 4 is 62.6 Å². The van der Waals surface area contributed by atoms with Crippen LogP contribution in [0.5, 0.6) is 0 Å². The Morgan fingerprint density at radius 3 is 2.62 bits per heavy atom. The van der Waals surface area contributed by atoms with Gasteiger partial charge in [-0.3, -0.25) is 10.00 Å². The average Bonchev–Trinajstić information content (AvgIpc) is 3.03. The van der Waals surface area contributed by atoms with E-state index in [0.29, 0.717) is 32.6 Å². The van der Waals surface area contributed by atoms with E-state index in [2.05, 4.69) is 31.7 Å². The summed E-state index contributed by atoms with van der Waals surface area (Å²) >= 11 is 15.3. The molecule has 0 aliphatic heterocycles. The van der Waals surface area contributed by atoms with Crippen molar-refractivity contribution in [2.24, 2.45) is 0 Å². The number of carbonyl (C=O) groups excluding carboxylic acids is 2. The summed E-state index contributed by atoms with van der Waals surface area (Å²) in [5, 5.41) is 10.5. The van der Waals surface area contributed by atoms with Crippen LogP contribution < -0.4 is 10.6 Å². The van der Waals surface area contributed by atoms with Crippen molar-refractivity contribution < 1.29 is 14.3 Å². The number of amides is 2. The first-order valence-corrected chi connectivity index (χ1v) is 9.84. The number of nitrogens with zero attached hydrogens (tertiary/aromatic N) is 2. The van der Waals surface area contributed by atoms with Crippen molar-refractivity contribution in [1.29, 1.82) is 0 Å². The van der Waals surface area contributed by atoms with Crippen molar-refractivity contribution in [2.45, 2.75) is 6.54 Å². The van der Waals surface area contributed by atoms with Gasteiger partial charge in [0.2, 0.25) is 0 Å². The number of urea groups is 1. The lowest BCUT2D eigenvalue weighted by Gasteiger charge is -2.10. The second-order valence-electron chi connectivity index (χ2n) is 5.89. The molecule has 0 unspecified atom stereocenters. The standard InChI is InChI=1S/C19H15BrCl2N4O3/c1-29-18(27)12-4-2-3-5-16(12)23-19(28)24-17-13(20)10-26(25-17)9-11-6-7-14(21)15(22)8-11/h2-8,10H,9H2,1H3,(H2,23,24,25,28). The van der Waals surface area contributed by atoms with Gasteiger partial charge in [0, 0.05) is 6.20 Å². The normalized spacial score (nSPS) is 10.5. The summed E-state index contributed by atoms with van der Waals surface area (Å²) in [6.07, 6.45) is 1.72. The van der Waals surface area contributed by atoms with Crippen LogP contribution in [0.4, 0.5) is 16.3 Å². The summed E-state index contributed by atoms with van der Waals surface area (Å²) in [6.45, 7) is 0.434. The zero-order valence-corrected chi connectivity index (χ0v) is 18.2. The minimum Gasteiger partial charge on any atom is -0.465 e. The van der Waals surface area contributed by atoms with Crippen LogP contribution in [-0.2, 0) is 11.3 Å². The lowest BCUT2D eigenvalue weighted by Crippen LogP contribution is -2.21. The maximum atomic E-state index is 12.4. The molecule has 0 radical (unpaired) electrons. The second-order valence-corrected chi connectivity index (χ2v) is 7.56. The third-order valence-corrected chi connectivity index (χ3v) is 5.18. The van der Waals surface area contributed by atoms with Crippen LogP contribution in [0.1, 0.15) is 15.9 Å². The third kappa shape index (κ3) is 5.29. The van der Waals surface area contributed by atoms with Gasteiger partial charge in [0.15, 0.2) is 5.82 Å². The minimum absolute atomic E-state index is 0.245. The molecule has 1 heterocycles. The average molecular weight is 498 g/mol. The number of methoxy groups -OCH3 is 1. The maximum absolute atomic E-state index is 12.4. The van der Waals surface area contributed by atoms with Gasteiger partial charge in [0.1, 0.15) is 0 Å². The van der Waals surface area contributed by atoms with E-state index in [-0.39, 0.29) is 5.56 Å². The number of benzene rings is 2. The highest BCUT2D eigenvalue weighted by Crippen LogP contribution is 2.25. The van der Waals surface area contributed by atoms with Gasteiger partial charge in [-0.2, -0.15) is 5.10 Å². The zero-order valence-electron chi connectivity index (χ0n) is 15.1. The minimum atomic E-state index is -0.554. The molecule has 29 heavy (non-hydrogen) atoms. The molecule has 0 saturated carbocycles. The Balaban J connectivity index is 1.70. The first-order chi connectivity index (χ1) is 13.9. The topological polar surface area (TPSA) is 85.2 Å². The largest absolute Gasteiger partial charge is 0.465 e. The first kappa shape index (κ1) is 21.2. The molecule has 10 heteroatoms. The number of para-hydroxylation sites is 1. The lowest BCUT2D eigenvalue weighted by atomic mass is 10.2. The number of halogens is 3. The molecule has 0 saturated heterocycles. The molecular weight excluding hydrogens is 483 g/mol. The molecule has 2 amide bonds. The van der Waals surface area contributed by atoms with E-state index in [4.69, 9.17) is 27.9 Å². The molecule has 2 aromatic carbocycles. The molecule has 150 valence electrons. The third-order valence-electron chi connectivity index (χ3n) is 3.86. The van der Waals surface area contributed by atoms with Crippen LogP contribution in [0.3, 0.4) is 0 Å². The van der Waals surface area contributed by atoms with Gasteiger partial charge in [0.05, 0.1) is 39.4 Å². The highest BCUT2D eigenvalue weighted by Gasteiger charge is 2.15. The van der Waals surface area contributed by atoms with Gasteiger partial charge in [0.25, 0.3) is 0 Å². The Kier molecular flexibility index (Phi) is 6.79. The first-order valence-electron chi connectivity index (χ1n) is 8.29. The van der Waals surface area contributed by atoms with E-state index in [0.717, 1.165) is 5.56 Å². The summed E-state index contributed by atoms with van der Waals surface area (Å²) in [4.78, 5) is 24.2. The van der Waals surface area contributed by atoms with Gasteiger partial charge in [-0.25, -0.2) is 9.59 Å². The predicted molar refractivity (Wildman–Crippen MR) is 116 cm³/mol. The highest BCUT2D eigenvalue weighted by molar-refractivity contribution is 9.10. The molecule has 0 atom stereocenters. The molecule has 0 fully saturated rings. The van der Waals surface area contributed by atoms with Crippen LogP contribution in [0.25, 0.3) is 0 Å². The van der Waals surface area contributed by atoms with Crippen molar-refractivity contribution in [2.75, 3.05) is 17.7 Å². The number of hydrogen-bond donors (Lipinski definition) is 2. The van der Waals surface area contributed by atoms with E-state index in [1.54, 1.807) is 47.3 Å². The summed E-state index contributed by atoms with van der Waals surface area (Å²) in [5.74, 6) is -0.230. The van der Waals surface area contributed by atoms with Crippen molar-refractivity contribution in [3.8, 4) is 0 Å². The fraction of sp³-hybridized carbons (Fsp3) is 0.105. The molecule has 1 aromatic heterocycles. The number of aromatic nitrogens is 2. The monoisotopic (exact) mass is 496 g/mol. The van der Waals surface area contributed by atoms with Gasteiger partial charge in [-0.15, -0.1) is 0 Å². The quantitative estimate of drug-likeness (QED) is 0.460. The van der Waals surface area contributed by atoms with E-state index >= 15 is 0 Å². The number of carbonyl (C=O) groups is 2. The van der Waals surface area contributed by atoms with Crippen LogP contribution in [-0.4, -0.2) is 28.9 Å². The fourth-order valence-electron chi connectivity index (χ4n) is 2.53. The molecule has 0 aliphatic rings. The molecule has 3 aromatic rings. The Hall–Kier alpha value is -2.55. The SMILES string of the molecule is COC(=O)c1ccccc1NC(=O)Nc1nn(Cc2ccc(Cl)c(Cl)c2)cc1Br. The van der Waals surface area contributed by atoms with Crippen molar-refractivity contribution in [3.63, 3.8) is 0 Å². The number of nitrogens with one attached hydrogen (secondary N) is 2. The molecule has 2 N–H and O–H groups in total. The molecule has 3 rings (SSSR count). The van der Waals surface area contributed by atoms with Gasteiger partial charge < -0.3 is 10.1 Å². The Bertz CT molecular complexity index is 1070. The van der Waals surface area contributed by atoms with Crippen LogP contribution in [0, 0.1) is 0 Å². The highest BCUT2D eigenvalue weighted by atomic mass is 79.9. The van der Waals surface area contributed by atoms with E-state index in [9.17, 15) is 9.59 Å². The smallest absolute Gasteiger partial charge is 0.339 e. The van der Waals surface area contributed by atoms with Crippen molar-refractivity contribution in [3.05, 3.63) is 74.3 Å². The van der Waals surface area contributed by atoms with Crippen LogP contribution in [0.15, 0.2) is 53.1 Å². The summed E-state index contributed by atoms with van der Waals surface area (Å²) in [5.41, 5.74) is 1.47. The van der Waals surface area contributed by atoms with Gasteiger partial charge >= 0.3 is 12.0 Å². The number of hydrogen-bond acceptors (Lipinski definition) is 4. The Morgan fingerprint density at radius 1 is 1.14 bits per heavy atom. The van der Waals surface area contributed by atoms with E-state index < -0.39 is 12.0 Å². The molecule has 0 aliphatic carbocycles. The van der Waals surface area contributed by atoms with Crippen LogP contribution in [0.2, 0.25) is 10.0 Å². The summed E-state index contributed by atoms with van der Waals surface area (Å²) in [7, 11) is 1.27.